The molecule has 0 saturated carbocycles. The average molecular weight is 398 g/mol. The lowest BCUT2D eigenvalue weighted by Gasteiger charge is -2.08. The highest BCUT2D eigenvalue weighted by atomic mass is 35.5. The van der Waals surface area contributed by atoms with Gasteiger partial charge in [0.05, 0.1) is 24.0 Å². The molecule has 0 bridgehead atoms. The van der Waals surface area contributed by atoms with Gasteiger partial charge in [0.15, 0.2) is 11.6 Å². The Labute approximate surface area is 160 Å². The minimum atomic E-state index is 0.372. The zero-order valence-corrected chi connectivity index (χ0v) is 16.1. The first-order chi connectivity index (χ1) is 11.9. The van der Waals surface area contributed by atoms with Crippen LogP contribution >= 0.6 is 34.8 Å². The standard InChI is InChI=1S/C16H15Cl3N6/c1-9-12(7-20-25-10(2)21-22-11(25)3)16(19)24(23-9)8-13-14(17)5-4-6-15(13)18/h4-7H,8H2,1-3H3. The first kappa shape index (κ1) is 17.9. The predicted molar refractivity (Wildman–Crippen MR) is 100 cm³/mol. The number of hydrogen-bond donors (Lipinski definition) is 0. The molecule has 2 heterocycles. The lowest BCUT2D eigenvalue weighted by atomic mass is 10.2. The van der Waals surface area contributed by atoms with Crippen molar-refractivity contribution in [2.24, 2.45) is 5.10 Å². The van der Waals surface area contributed by atoms with E-state index in [2.05, 4.69) is 20.4 Å². The van der Waals surface area contributed by atoms with E-state index in [4.69, 9.17) is 34.8 Å². The second-order valence-corrected chi connectivity index (χ2v) is 6.67. The fourth-order valence-corrected chi connectivity index (χ4v) is 3.20. The fraction of sp³-hybridized carbons (Fsp3) is 0.250. The molecule has 0 aliphatic carbocycles. The molecule has 6 nitrogen and oxygen atoms in total. The minimum Gasteiger partial charge on any atom is -0.249 e. The van der Waals surface area contributed by atoms with E-state index in [1.807, 2.05) is 20.8 Å². The van der Waals surface area contributed by atoms with Crippen molar-refractivity contribution >= 4 is 41.0 Å². The summed E-state index contributed by atoms with van der Waals surface area (Å²) in [7, 11) is 0. The van der Waals surface area contributed by atoms with Crippen molar-refractivity contribution in [2.45, 2.75) is 27.3 Å². The van der Waals surface area contributed by atoms with E-state index in [0.29, 0.717) is 33.4 Å². The molecule has 0 aliphatic heterocycles. The van der Waals surface area contributed by atoms with Crippen LogP contribution in [-0.2, 0) is 6.54 Å². The lowest BCUT2D eigenvalue weighted by molar-refractivity contribution is 0.680. The maximum atomic E-state index is 6.49. The largest absolute Gasteiger partial charge is 0.249 e. The van der Waals surface area contributed by atoms with Gasteiger partial charge in [0, 0.05) is 15.6 Å². The molecule has 0 radical (unpaired) electrons. The Bertz CT molecular complexity index is 917. The second-order valence-electron chi connectivity index (χ2n) is 5.50. The SMILES string of the molecule is Cc1nn(Cc2c(Cl)cccc2Cl)c(Cl)c1C=Nn1c(C)nnc1C. The molecule has 3 aromatic rings. The summed E-state index contributed by atoms with van der Waals surface area (Å²) in [5.41, 5.74) is 2.24. The molecular formula is C16H15Cl3N6. The van der Waals surface area contributed by atoms with Crippen molar-refractivity contribution in [2.75, 3.05) is 0 Å². The molecule has 0 spiro atoms. The first-order valence-corrected chi connectivity index (χ1v) is 8.60. The van der Waals surface area contributed by atoms with Gasteiger partial charge >= 0.3 is 0 Å². The van der Waals surface area contributed by atoms with Gasteiger partial charge in [-0.1, -0.05) is 40.9 Å². The summed E-state index contributed by atoms with van der Waals surface area (Å²) in [5.74, 6) is 1.38. The maximum Gasteiger partial charge on any atom is 0.151 e. The molecular weight excluding hydrogens is 383 g/mol. The van der Waals surface area contributed by atoms with Gasteiger partial charge in [-0.05, 0) is 32.9 Å². The number of rotatable bonds is 4. The molecule has 0 N–H and O–H groups in total. The van der Waals surface area contributed by atoms with Crippen molar-refractivity contribution in [1.29, 1.82) is 0 Å². The number of aryl methyl sites for hydroxylation is 3. The van der Waals surface area contributed by atoms with Crippen molar-refractivity contribution in [3.63, 3.8) is 0 Å². The van der Waals surface area contributed by atoms with E-state index in [1.165, 1.54) is 0 Å². The summed E-state index contributed by atoms with van der Waals surface area (Å²) in [6.07, 6.45) is 1.65. The molecule has 9 heteroatoms. The van der Waals surface area contributed by atoms with Crippen molar-refractivity contribution < 1.29 is 0 Å². The summed E-state index contributed by atoms with van der Waals surface area (Å²) in [5, 5.41) is 18.4. The van der Waals surface area contributed by atoms with Crippen LogP contribution < -0.4 is 0 Å². The summed E-state index contributed by atoms with van der Waals surface area (Å²) in [6, 6.07) is 5.37. The Morgan fingerprint density at radius 1 is 1.04 bits per heavy atom. The van der Waals surface area contributed by atoms with Crippen molar-refractivity contribution in [1.82, 2.24) is 24.7 Å². The Kier molecular flexibility index (Phi) is 5.13. The predicted octanol–water partition coefficient (Wildman–Crippen LogP) is 4.29. The molecule has 25 heavy (non-hydrogen) atoms. The molecule has 3 rings (SSSR count). The maximum absolute atomic E-state index is 6.49. The second kappa shape index (κ2) is 7.15. The zero-order chi connectivity index (χ0) is 18.1. The quantitative estimate of drug-likeness (QED) is 0.617. The number of aromatic nitrogens is 5. The molecule has 0 saturated heterocycles. The first-order valence-electron chi connectivity index (χ1n) is 7.47. The third-order valence-corrected chi connectivity index (χ3v) is 4.84. The van der Waals surface area contributed by atoms with Crippen LogP contribution in [0.1, 0.15) is 28.5 Å². The number of nitrogens with zero attached hydrogens (tertiary/aromatic N) is 6. The molecule has 1 aromatic carbocycles. The van der Waals surface area contributed by atoms with Crippen LogP contribution in [0.5, 0.6) is 0 Å². The van der Waals surface area contributed by atoms with E-state index < -0.39 is 0 Å². The smallest absolute Gasteiger partial charge is 0.151 e. The lowest BCUT2D eigenvalue weighted by Crippen LogP contribution is -2.03. The van der Waals surface area contributed by atoms with Crippen LogP contribution in [0, 0.1) is 20.8 Å². The normalized spacial score (nSPS) is 11.6. The van der Waals surface area contributed by atoms with E-state index in [0.717, 1.165) is 16.8 Å². The summed E-state index contributed by atoms with van der Waals surface area (Å²) in [6.45, 7) is 5.89. The molecule has 130 valence electrons. The third kappa shape index (κ3) is 3.56. The van der Waals surface area contributed by atoms with E-state index >= 15 is 0 Å². The van der Waals surface area contributed by atoms with E-state index in [9.17, 15) is 0 Å². The van der Waals surface area contributed by atoms with Crippen molar-refractivity contribution in [3.05, 3.63) is 61.9 Å². The highest BCUT2D eigenvalue weighted by Crippen LogP contribution is 2.27. The van der Waals surface area contributed by atoms with Crippen LogP contribution in [0.3, 0.4) is 0 Å². The highest BCUT2D eigenvalue weighted by molar-refractivity contribution is 6.36. The average Bonchev–Trinajstić information content (AvgIpc) is 3.02. The fourth-order valence-electron chi connectivity index (χ4n) is 2.40. The number of benzene rings is 1. The zero-order valence-electron chi connectivity index (χ0n) is 13.8. The Morgan fingerprint density at radius 3 is 2.24 bits per heavy atom. The molecule has 0 aliphatic rings. The number of hydrogen-bond acceptors (Lipinski definition) is 4. The van der Waals surface area contributed by atoms with Crippen molar-refractivity contribution in [3.8, 4) is 0 Å². The highest BCUT2D eigenvalue weighted by Gasteiger charge is 2.15. The van der Waals surface area contributed by atoms with Crippen LogP contribution in [-0.4, -0.2) is 30.9 Å². The van der Waals surface area contributed by atoms with Crippen LogP contribution in [0.25, 0.3) is 0 Å². The van der Waals surface area contributed by atoms with Crippen LogP contribution in [0.2, 0.25) is 15.2 Å². The Morgan fingerprint density at radius 2 is 1.64 bits per heavy atom. The molecule has 0 fully saturated rings. The van der Waals surface area contributed by atoms with Gasteiger partial charge in [0.2, 0.25) is 0 Å². The molecule has 0 amide bonds. The van der Waals surface area contributed by atoms with E-state index in [-0.39, 0.29) is 0 Å². The summed E-state index contributed by atoms with van der Waals surface area (Å²) in [4.78, 5) is 0. The van der Waals surface area contributed by atoms with Gasteiger partial charge < -0.3 is 0 Å². The van der Waals surface area contributed by atoms with Gasteiger partial charge in [0.1, 0.15) is 5.15 Å². The minimum absolute atomic E-state index is 0.372. The molecule has 2 aromatic heterocycles. The third-order valence-electron chi connectivity index (χ3n) is 3.73. The number of halogens is 3. The Balaban J connectivity index is 1.94. The monoisotopic (exact) mass is 396 g/mol. The topological polar surface area (TPSA) is 60.9 Å². The van der Waals surface area contributed by atoms with Crippen LogP contribution in [0.4, 0.5) is 0 Å². The Hall–Kier alpha value is -1.89. The van der Waals surface area contributed by atoms with Gasteiger partial charge in [-0.25, -0.2) is 9.36 Å². The van der Waals surface area contributed by atoms with Gasteiger partial charge in [-0.15, -0.1) is 10.2 Å². The molecule has 0 atom stereocenters. The van der Waals surface area contributed by atoms with E-state index in [1.54, 1.807) is 33.8 Å². The summed E-state index contributed by atoms with van der Waals surface area (Å²) < 4.78 is 3.29. The molecule has 0 unspecified atom stereocenters. The van der Waals surface area contributed by atoms with Gasteiger partial charge in [0.25, 0.3) is 0 Å². The van der Waals surface area contributed by atoms with Gasteiger partial charge in [-0.3, -0.25) is 0 Å². The summed E-state index contributed by atoms with van der Waals surface area (Å²) >= 11 is 18.9. The van der Waals surface area contributed by atoms with Crippen LogP contribution in [0.15, 0.2) is 23.3 Å². The van der Waals surface area contributed by atoms with Gasteiger partial charge in [-0.2, -0.15) is 10.2 Å².